The molecule has 8 heteroatoms. The maximum absolute atomic E-state index is 12.9. The highest BCUT2D eigenvalue weighted by atomic mass is 35.5. The molecule has 1 amide bonds. The monoisotopic (exact) mass is 417 g/mol. The van der Waals surface area contributed by atoms with Gasteiger partial charge in [0.05, 0.1) is 28.8 Å². The maximum Gasteiger partial charge on any atom is 0.262 e. The second-order valence-electron chi connectivity index (χ2n) is 6.44. The van der Waals surface area contributed by atoms with Crippen LogP contribution in [0.15, 0.2) is 58.5 Å². The minimum Gasteiger partial charge on any atom is -0.392 e. The zero-order chi connectivity index (χ0) is 20.3. The fourth-order valence-corrected chi connectivity index (χ4v) is 3.75. The van der Waals surface area contributed by atoms with E-state index in [-0.39, 0.29) is 18.0 Å². The number of anilines is 1. The standard InChI is InChI=1S/C20H20ClN3O3S/c1-12(25)11-24-19(27)16-9-8-14(21)10-17(16)23-20(24)28-13(2)18(26)22-15-6-4-3-5-7-15/h3-10,12-13,25H,11H2,1-2H3,(H,22,26)/t12-,13+/m1/s1. The molecule has 2 N–H and O–H groups in total. The molecule has 0 unspecified atom stereocenters. The number of rotatable bonds is 6. The molecule has 0 spiro atoms. The van der Waals surface area contributed by atoms with Gasteiger partial charge in [-0.2, -0.15) is 0 Å². The van der Waals surface area contributed by atoms with E-state index >= 15 is 0 Å². The van der Waals surface area contributed by atoms with E-state index in [1.165, 1.54) is 4.57 Å². The molecule has 3 rings (SSSR count). The van der Waals surface area contributed by atoms with E-state index < -0.39 is 11.4 Å². The molecule has 0 fully saturated rings. The molecule has 2 aromatic carbocycles. The number of aliphatic hydroxyl groups excluding tert-OH is 1. The largest absolute Gasteiger partial charge is 0.392 e. The summed E-state index contributed by atoms with van der Waals surface area (Å²) in [6, 6.07) is 14.0. The summed E-state index contributed by atoms with van der Waals surface area (Å²) in [6.45, 7) is 3.42. The molecule has 1 aromatic heterocycles. The van der Waals surface area contributed by atoms with Crippen LogP contribution in [0.4, 0.5) is 5.69 Å². The number of para-hydroxylation sites is 1. The summed E-state index contributed by atoms with van der Waals surface area (Å²) >= 11 is 7.19. The van der Waals surface area contributed by atoms with Crippen molar-refractivity contribution >= 4 is 45.9 Å². The predicted molar refractivity (Wildman–Crippen MR) is 113 cm³/mol. The van der Waals surface area contributed by atoms with Gasteiger partial charge in [-0.3, -0.25) is 14.2 Å². The van der Waals surface area contributed by atoms with Crippen molar-refractivity contribution in [1.29, 1.82) is 0 Å². The first-order valence-corrected chi connectivity index (χ1v) is 10.0. The van der Waals surface area contributed by atoms with E-state index in [1.54, 1.807) is 44.2 Å². The normalized spacial score (nSPS) is 13.3. The van der Waals surface area contributed by atoms with Crippen molar-refractivity contribution in [3.63, 3.8) is 0 Å². The molecule has 6 nitrogen and oxygen atoms in total. The number of hydrogen-bond acceptors (Lipinski definition) is 5. The van der Waals surface area contributed by atoms with Crippen LogP contribution in [0.3, 0.4) is 0 Å². The van der Waals surface area contributed by atoms with Gasteiger partial charge in [-0.1, -0.05) is 41.6 Å². The fraction of sp³-hybridized carbons (Fsp3) is 0.250. The lowest BCUT2D eigenvalue weighted by Crippen LogP contribution is -2.29. The number of amides is 1. The number of thioether (sulfide) groups is 1. The highest BCUT2D eigenvalue weighted by Gasteiger charge is 2.20. The van der Waals surface area contributed by atoms with E-state index in [9.17, 15) is 14.7 Å². The Morgan fingerprint density at radius 1 is 1.25 bits per heavy atom. The van der Waals surface area contributed by atoms with Gasteiger partial charge in [0, 0.05) is 10.7 Å². The maximum atomic E-state index is 12.9. The van der Waals surface area contributed by atoms with Crippen molar-refractivity contribution in [3.8, 4) is 0 Å². The molecule has 1 heterocycles. The van der Waals surface area contributed by atoms with Crippen molar-refractivity contribution in [3.05, 3.63) is 63.9 Å². The number of nitrogens with one attached hydrogen (secondary N) is 1. The minimum absolute atomic E-state index is 0.0831. The van der Waals surface area contributed by atoms with E-state index in [0.29, 0.717) is 26.8 Å². The summed E-state index contributed by atoms with van der Waals surface area (Å²) in [5.41, 5.74) is 0.873. The van der Waals surface area contributed by atoms with E-state index in [0.717, 1.165) is 11.8 Å². The van der Waals surface area contributed by atoms with Gasteiger partial charge in [0.2, 0.25) is 5.91 Å². The summed E-state index contributed by atoms with van der Waals surface area (Å²) in [4.78, 5) is 30.0. The molecule has 2 atom stereocenters. The molecule has 0 radical (unpaired) electrons. The Bertz CT molecular complexity index is 1050. The van der Waals surface area contributed by atoms with Crippen molar-refractivity contribution in [2.45, 2.75) is 36.9 Å². The van der Waals surface area contributed by atoms with Gasteiger partial charge in [-0.05, 0) is 44.2 Å². The Balaban J connectivity index is 1.93. The van der Waals surface area contributed by atoms with Gasteiger partial charge < -0.3 is 10.4 Å². The topological polar surface area (TPSA) is 84.2 Å². The second kappa shape index (κ2) is 8.77. The third-order valence-electron chi connectivity index (χ3n) is 4.02. The van der Waals surface area contributed by atoms with Crippen LogP contribution in [-0.2, 0) is 11.3 Å². The zero-order valence-corrected chi connectivity index (χ0v) is 17.0. The lowest BCUT2D eigenvalue weighted by molar-refractivity contribution is -0.115. The van der Waals surface area contributed by atoms with Crippen molar-refractivity contribution in [2.24, 2.45) is 0 Å². The van der Waals surface area contributed by atoms with Crippen molar-refractivity contribution in [2.75, 3.05) is 5.32 Å². The third-order valence-corrected chi connectivity index (χ3v) is 5.35. The first kappa shape index (κ1) is 20.4. The SMILES string of the molecule is C[C@H](Sc1nc2cc(Cl)ccc2c(=O)n1C[C@@H](C)O)C(=O)Nc1ccccc1. The highest BCUT2D eigenvalue weighted by Crippen LogP contribution is 2.25. The molecule has 0 bridgehead atoms. The smallest absolute Gasteiger partial charge is 0.262 e. The molecular formula is C20H20ClN3O3S. The van der Waals surface area contributed by atoms with Crippen molar-refractivity contribution < 1.29 is 9.90 Å². The van der Waals surface area contributed by atoms with Crippen molar-refractivity contribution in [1.82, 2.24) is 9.55 Å². The molecule has 3 aromatic rings. The molecule has 0 aliphatic heterocycles. The van der Waals surface area contributed by atoms with Crippen LogP contribution in [-0.4, -0.2) is 31.9 Å². The Labute approximate surface area is 171 Å². The van der Waals surface area contributed by atoms with Crippen LogP contribution in [0.25, 0.3) is 10.9 Å². The molecule has 0 saturated carbocycles. The highest BCUT2D eigenvalue weighted by molar-refractivity contribution is 8.00. The van der Waals surface area contributed by atoms with Gasteiger partial charge in [0.25, 0.3) is 5.56 Å². The Morgan fingerprint density at radius 3 is 2.64 bits per heavy atom. The average Bonchev–Trinajstić information content (AvgIpc) is 2.65. The predicted octanol–water partition coefficient (Wildman–Crippen LogP) is 3.55. The minimum atomic E-state index is -0.739. The molecule has 0 aliphatic rings. The quantitative estimate of drug-likeness (QED) is 0.473. The number of halogens is 1. The van der Waals surface area contributed by atoms with Crippen LogP contribution in [0.5, 0.6) is 0 Å². The lowest BCUT2D eigenvalue weighted by atomic mass is 10.2. The molecule has 0 saturated heterocycles. The number of benzene rings is 2. The first-order valence-electron chi connectivity index (χ1n) is 8.76. The summed E-state index contributed by atoms with van der Waals surface area (Å²) in [5, 5.41) is 13.4. The van der Waals surface area contributed by atoms with E-state index in [2.05, 4.69) is 10.3 Å². The number of aromatic nitrogens is 2. The van der Waals surface area contributed by atoms with Gasteiger partial charge >= 0.3 is 0 Å². The van der Waals surface area contributed by atoms with E-state index in [1.807, 2.05) is 18.2 Å². The van der Waals surface area contributed by atoms with Crippen LogP contribution in [0.2, 0.25) is 5.02 Å². The van der Waals surface area contributed by atoms with E-state index in [4.69, 9.17) is 11.6 Å². The van der Waals surface area contributed by atoms with Gasteiger partial charge in [-0.15, -0.1) is 0 Å². The first-order chi connectivity index (χ1) is 13.3. The van der Waals surface area contributed by atoms with Gasteiger partial charge in [-0.25, -0.2) is 4.98 Å². The number of aliphatic hydroxyl groups is 1. The molecule has 0 aliphatic carbocycles. The summed E-state index contributed by atoms with van der Waals surface area (Å²) < 4.78 is 1.40. The fourth-order valence-electron chi connectivity index (χ4n) is 2.67. The van der Waals surface area contributed by atoms with Crippen LogP contribution >= 0.6 is 23.4 Å². The molecule has 28 heavy (non-hydrogen) atoms. The number of hydrogen-bond donors (Lipinski definition) is 2. The third kappa shape index (κ3) is 4.73. The number of carbonyl (C=O) groups is 1. The lowest BCUT2D eigenvalue weighted by Gasteiger charge is -2.17. The second-order valence-corrected chi connectivity index (χ2v) is 8.18. The number of carbonyl (C=O) groups excluding carboxylic acids is 1. The summed E-state index contributed by atoms with van der Waals surface area (Å²) in [6.07, 6.45) is -0.739. The Morgan fingerprint density at radius 2 is 1.96 bits per heavy atom. The summed E-state index contributed by atoms with van der Waals surface area (Å²) in [7, 11) is 0. The number of fused-ring (bicyclic) bond motifs is 1. The Kier molecular flexibility index (Phi) is 6.39. The molecular weight excluding hydrogens is 398 g/mol. The average molecular weight is 418 g/mol. The van der Waals surface area contributed by atoms with Crippen LogP contribution < -0.4 is 10.9 Å². The van der Waals surface area contributed by atoms with Crippen LogP contribution in [0.1, 0.15) is 13.8 Å². The Hall–Kier alpha value is -2.35. The zero-order valence-electron chi connectivity index (χ0n) is 15.4. The molecule has 146 valence electrons. The van der Waals surface area contributed by atoms with Crippen LogP contribution in [0, 0.1) is 0 Å². The summed E-state index contributed by atoms with van der Waals surface area (Å²) in [5.74, 6) is -0.208. The number of nitrogens with zero attached hydrogens (tertiary/aromatic N) is 2. The van der Waals surface area contributed by atoms with Gasteiger partial charge in [0.1, 0.15) is 0 Å². The van der Waals surface area contributed by atoms with Gasteiger partial charge in [0.15, 0.2) is 5.16 Å².